The summed E-state index contributed by atoms with van der Waals surface area (Å²) >= 11 is 0. The Labute approximate surface area is 240 Å². The highest BCUT2D eigenvalue weighted by Gasteiger charge is 2.71. The van der Waals surface area contributed by atoms with Crippen molar-refractivity contribution in [3.8, 4) is 0 Å². The second kappa shape index (κ2) is 9.14. The summed E-state index contributed by atoms with van der Waals surface area (Å²) < 4.78 is 14.4. The number of nitro groups is 1. The molecule has 7 nitrogen and oxygen atoms in total. The number of aryl methyl sites for hydroxylation is 1. The molecule has 0 radical (unpaired) electrons. The van der Waals surface area contributed by atoms with Crippen LogP contribution in [0, 0.1) is 28.3 Å². The minimum atomic E-state index is -1.80. The Morgan fingerprint density at radius 1 is 0.905 bits per heavy atom. The van der Waals surface area contributed by atoms with Crippen LogP contribution in [0.25, 0.3) is 6.08 Å². The largest absolute Gasteiger partial charge is 0.352 e. The fourth-order valence-electron chi connectivity index (χ4n) is 7.04. The number of carbonyl (C=O) groups is 3. The Morgan fingerprint density at radius 2 is 1.60 bits per heavy atom. The van der Waals surface area contributed by atoms with E-state index in [1.165, 1.54) is 30.3 Å². The maximum atomic E-state index is 14.6. The van der Waals surface area contributed by atoms with Gasteiger partial charge in [-0.15, -0.1) is 0 Å². The molecule has 4 aromatic rings. The number of rotatable bonds is 4. The number of carbonyl (C=O) groups excluding carboxylic acids is 3. The van der Waals surface area contributed by atoms with Crippen LogP contribution in [-0.2, 0) is 0 Å². The zero-order chi connectivity index (χ0) is 29.3. The van der Waals surface area contributed by atoms with E-state index in [0.717, 1.165) is 5.56 Å². The summed E-state index contributed by atoms with van der Waals surface area (Å²) in [6, 6.07) is 21.5. The van der Waals surface area contributed by atoms with E-state index in [-0.39, 0.29) is 22.6 Å². The highest BCUT2D eigenvalue weighted by molar-refractivity contribution is 6.32. The molecule has 0 unspecified atom stereocenters. The fourth-order valence-corrected chi connectivity index (χ4v) is 7.04. The highest BCUT2D eigenvalue weighted by atomic mass is 19.1. The van der Waals surface area contributed by atoms with Crippen molar-refractivity contribution in [2.75, 3.05) is 4.90 Å². The number of fused-ring (bicyclic) bond motifs is 5. The molecule has 3 aliphatic rings. The van der Waals surface area contributed by atoms with E-state index < -0.39 is 45.7 Å². The summed E-state index contributed by atoms with van der Waals surface area (Å²) in [5, 5.41) is 11.9. The van der Waals surface area contributed by atoms with Crippen molar-refractivity contribution in [3.63, 3.8) is 0 Å². The lowest BCUT2D eigenvalue weighted by atomic mass is 9.64. The monoisotopic (exact) mass is 558 g/mol. The predicted molar refractivity (Wildman–Crippen MR) is 154 cm³/mol. The van der Waals surface area contributed by atoms with Gasteiger partial charge >= 0.3 is 0 Å². The third-order valence-corrected chi connectivity index (χ3v) is 8.81. The van der Waals surface area contributed by atoms with Gasteiger partial charge < -0.3 is 4.90 Å². The van der Waals surface area contributed by atoms with E-state index in [2.05, 4.69) is 0 Å². The van der Waals surface area contributed by atoms with Gasteiger partial charge in [-0.2, -0.15) is 0 Å². The smallest absolute Gasteiger partial charge is 0.269 e. The van der Waals surface area contributed by atoms with E-state index in [9.17, 15) is 28.9 Å². The first-order chi connectivity index (χ1) is 20.2. The minimum Gasteiger partial charge on any atom is -0.352 e. The molecule has 0 saturated carbocycles. The zero-order valence-electron chi connectivity index (χ0n) is 22.4. The topological polar surface area (TPSA) is 97.6 Å². The third kappa shape index (κ3) is 3.41. The van der Waals surface area contributed by atoms with E-state index in [1.54, 1.807) is 77.7 Å². The van der Waals surface area contributed by atoms with Crippen molar-refractivity contribution >= 4 is 34.8 Å². The van der Waals surface area contributed by atoms with Crippen LogP contribution in [0.5, 0.6) is 0 Å². The maximum Gasteiger partial charge on any atom is 0.269 e. The summed E-state index contributed by atoms with van der Waals surface area (Å²) in [5.74, 6) is -2.80. The summed E-state index contributed by atoms with van der Waals surface area (Å²) in [5.41, 5.74) is 1.12. The Balaban J connectivity index is 1.56. The predicted octanol–water partition coefficient (Wildman–Crippen LogP) is 6.36. The number of non-ortho nitro benzene ring substituents is 1. The molecule has 1 fully saturated rings. The molecular formula is C34H23FN2O5. The minimum absolute atomic E-state index is 0.220. The van der Waals surface area contributed by atoms with Crippen molar-refractivity contribution < 1.29 is 23.7 Å². The quantitative estimate of drug-likeness (QED) is 0.125. The molecule has 1 aliphatic carbocycles. The van der Waals surface area contributed by atoms with Crippen LogP contribution < -0.4 is 4.90 Å². The van der Waals surface area contributed by atoms with E-state index in [1.807, 2.05) is 6.92 Å². The number of halogens is 1. The molecule has 0 aromatic heterocycles. The number of hydrogen-bond donors (Lipinski definition) is 0. The van der Waals surface area contributed by atoms with Gasteiger partial charge in [0.15, 0.2) is 17.3 Å². The second-order valence-corrected chi connectivity index (χ2v) is 11.0. The number of ketones is 3. The van der Waals surface area contributed by atoms with Crippen LogP contribution in [0.3, 0.4) is 0 Å². The normalized spacial score (nSPS) is 21.3. The fraction of sp³-hybridized carbons (Fsp3) is 0.147. The molecule has 4 aromatic carbocycles. The lowest BCUT2D eigenvalue weighted by Crippen LogP contribution is -2.48. The number of hydrogen-bond acceptors (Lipinski definition) is 6. The molecular weight excluding hydrogens is 535 g/mol. The van der Waals surface area contributed by atoms with Gasteiger partial charge in [0.2, 0.25) is 0 Å². The number of Topliss-reactive ketones (excluding diaryl/α,β-unsaturated/α-hetero) is 3. The molecule has 1 saturated heterocycles. The van der Waals surface area contributed by atoms with Gasteiger partial charge in [-0.05, 0) is 30.7 Å². The molecule has 0 amide bonds. The Morgan fingerprint density at radius 3 is 2.26 bits per heavy atom. The average molecular weight is 559 g/mol. The lowest BCUT2D eigenvalue weighted by molar-refractivity contribution is -0.384. The molecule has 2 heterocycles. The van der Waals surface area contributed by atoms with Crippen molar-refractivity contribution in [2.24, 2.45) is 5.41 Å². The highest BCUT2D eigenvalue weighted by Crippen LogP contribution is 2.61. The van der Waals surface area contributed by atoms with Crippen LogP contribution in [-0.4, -0.2) is 34.4 Å². The van der Waals surface area contributed by atoms with Gasteiger partial charge in [0, 0.05) is 46.0 Å². The molecule has 8 heteroatoms. The molecule has 7 rings (SSSR count). The molecule has 42 heavy (non-hydrogen) atoms. The molecule has 206 valence electrons. The molecule has 2 aliphatic heterocycles. The number of anilines is 1. The van der Waals surface area contributed by atoms with Crippen molar-refractivity contribution in [1.29, 1.82) is 0 Å². The standard InChI is InChI=1S/C34H23FN2O5/c1-19-9-11-20(12-10-19)31(38)30-29(22-5-4-6-24(18-22)37(41)42)34(32(39)25-7-2-3-8-26(25)33(34)40)28-16-13-21-17-23(35)14-15-27(21)36(28)30/h2-18,28-30H,1H3/t28-,29+,30-/m1/s1. The van der Waals surface area contributed by atoms with Gasteiger partial charge in [-0.3, -0.25) is 24.5 Å². The summed E-state index contributed by atoms with van der Waals surface area (Å²) in [4.78, 5) is 56.9. The summed E-state index contributed by atoms with van der Waals surface area (Å²) in [6.07, 6.45) is 3.37. The van der Waals surface area contributed by atoms with Gasteiger partial charge in [0.1, 0.15) is 17.3 Å². The Hall–Kier alpha value is -5.24. The summed E-state index contributed by atoms with van der Waals surface area (Å²) in [6.45, 7) is 1.90. The number of nitro benzene ring substituents is 1. The first kappa shape index (κ1) is 25.7. The Kier molecular flexibility index (Phi) is 5.59. The van der Waals surface area contributed by atoms with E-state index in [4.69, 9.17) is 0 Å². The van der Waals surface area contributed by atoms with E-state index >= 15 is 0 Å². The molecule has 0 bridgehead atoms. The van der Waals surface area contributed by atoms with Crippen LogP contribution in [0.1, 0.15) is 53.7 Å². The lowest BCUT2D eigenvalue weighted by Gasteiger charge is -2.37. The van der Waals surface area contributed by atoms with Crippen LogP contribution in [0.15, 0.2) is 97.1 Å². The Bertz CT molecular complexity index is 1840. The van der Waals surface area contributed by atoms with Crippen molar-refractivity contribution in [3.05, 3.63) is 146 Å². The van der Waals surface area contributed by atoms with E-state index in [0.29, 0.717) is 22.4 Å². The van der Waals surface area contributed by atoms with Gasteiger partial charge in [0.25, 0.3) is 5.69 Å². The first-order valence-electron chi connectivity index (χ1n) is 13.5. The second-order valence-electron chi connectivity index (χ2n) is 11.0. The van der Waals surface area contributed by atoms with Gasteiger partial charge in [-0.25, -0.2) is 4.39 Å². The van der Waals surface area contributed by atoms with Gasteiger partial charge in [0.05, 0.1) is 11.0 Å². The molecule has 1 spiro atoms. The molecule has 0 N–H and O–H groups in total. The number of benzene rings is 4. The maximum absolute atomic E-state index is 14.6. The van der Waals surface area contributed by atoms with Crippen LogP contribution >= 0.6 is 0 Å². The van der Waals surface area contributed by atoms with Crippen molar-refractivity contribution in [1.82, 2.24) is 0 Å². The van der Waals surface area contributed by atoms with Gasteiger partial charge in [-0.1, -0.05) is 78.4 Å². The first-order valence-corrected chi connectivity index (χ1v) is 13.5. The zero-order valence-corrected chi connectivity index (χ0v) is 22.4. The van der Waals surface area contributed by atoms with Crippen molar-refractivity contribution in [2.45, 2.75) is 24.9 Å². The summed E-state index contributed by atoms with van der Waals surface area (Å²) in [7, 11) is 0. The number of nitrogens with zero attached hydrogens (tertiary/aromatic N) is 2. The third-order valence-electron chi connectivity index (χ3n) is 8.81. The average Bonchev–Trinajstić information content (AvgIpc) is 3.43. The molecule has 3 atom stereocenters. The van der Waals surface area contributed by atoms with Crippen LogP contribution in [0.4, 0.5) is 15.8 Å². The SMILES string of the molecule is Cc1ccc(C(=O)[C@H]2[C@H](c3cccc([N+](=O)[O-])c3)C3(C(=O)c4ccccc4C3=O)[C@H]3C=Cc4cc(F)ccc4N23)cc1. The van der Waals surface area contributed by atoms with Crippen LogP contribution in [0.2, 0.25) is 0 Å².